The Bertz CT molecular complexity index is 537. The summed E-state index contributed by atoms with van der Waals surface area (Å²) in [5.41, 5.74) is 1.02. The molecule has 1 aliphatic heterocycles. The zero-order valence-corrected chi connectivity index (χ0v) is 13.3. The van der Waals surface area contributed by atoms with Crippen LogP contribution in [-0.4, -0.2) is 61.1 Å². The lowest BCUT2D eigenvalue weighted by Crippen LogP contribution is -2.51. The van der Waals surface area contributed by atoms with Gasteiger partial charge in [-0.15, -0.1) is 0 Å². The van der Waals surface area contributed by atoms with E-state index >= 15 is 0 Å². The van der Waals surface area contributed by atoms with E-state index in [4.69, 9.17) is 0 Å². The van der Waals surface area contributed by atoms with Crippen LogP contribution in [-0.2, 0) is 4.74 Å². The fraction of sp³-hybridized carbons (Fsp3) is 0.500. The summed E-state index contributed by atoms with van der Waals surface area (Å²) in [7, 11) is 1.34. The molecule has 0 bridgehead atoms. The zero-order valence-electron chi connectivity index (χ0n) is 13.3. The monoisotopic (exact) mass is 305 g/mol. The molecule has 1 aromatic carbocycles. The van der Waals surface area contributed by atoms with Crippen molar-refractivity contribution in [2.45, 2.75) is 19.9 Å². The second kappa shape index (κ2) is 7.26. The third-order valence-electron chi connectivity index (χ3n) is 3.87. The van der Waals surface area contributed by atoms with Crippen LogP contribution in [0.15, 0.2) is 24.3 Å². The number of hydrogen-bond acceptors (Lipinski definition) is 4. The predicted octanol–water partition coefficient (Wildman–Crippen LogP) is 2.03. The molecular formula is C16H23N3O3. The number of carbonyl (C=O) groups excluding carboxylic acids is 2. The number of amides is 2. The molecule has 0 radical (unpaired) electrons. The van der Waals surface area contributed by atoms with E-state index in [2.05, 4.69) is 28.8 Å². The topological polar surface area (TPSA) is 61.9 Å². The number of carbonyl (C=O) groups is 2. The molecule has 6 heteroatoms. The number of piperazine rings is 1. The van der Waals surface area contributed by atoms with Crippen LogP contribution in [0.4, 0.5) is 10.5 Å². The second-order valence-corrected chi connectivity index (χ2v) is 5.62. The van der Waals surface area contributed by atoms with Crippen molar-refractivity contribution in [1.29, 1.82) is 0 Å². The highest BCUT2D eigenvalue weighted by molar-refractivity contribution is 5.93. The highest BCUT2D eigenvalue weighted by Gasteiger charge is 2.22. The van der Waals surface area contributed by atoms with E-state index < -0.39 is 5.97 Å². The Hall–Kier alpha value is -2.08. The minimum atomic E-state index is -0.415. The first-order valence-electron chi connectivity index (χ1n) is 7.49. The number of anilines is 1. The summed E-state index contributed by atoms with van der Waals surface area (Å²) >= 11 is 0. The van der Waals surface area contributed by atoms with E-state index in [1.807, 2.05) is 0 Å². The van der Waals surface area contributed by atoms with E-state index in [1.165, 1.54) is 7.11 Å². The maximum Gasteiger partial charge on any atom is 0.337 e. The minimum Gasteiger partial charge on any atom is -0.465 e. The zero-order chi connectivity index (χ0) is 16.1. The van der Waals surface area contributed by atoms with Gasteiger partial charge in [0.2, 0.25) is 0 Å². The molecule has 1 fully saturated rings. The van der Waals surface area contributed by atoms with Crippen molar-refractivity contribution in [2.24, 2.45) is 0 Å². The number of esters is 1. The van der Waals surface area contributed by atoms with Crippen molar-refractivity contribution in [3.63, 3.8) is 0 Å². The molecule has 0 atom stereocenters. The Morgan fingerprint density at radius 1 is 1.18 bits per heavy atom. The van der Waals surface area contributed by atoms with Gasteiger partial charge in [-0.2, -0.15) is 0 Å². The molecule has 0 aromatic heterocycles. The van der Waals surface area contributed by atoms with Crippen LogP contribution in [0.25, 0.3) is 0 Å². The lowest BCUT2D eigenvalue weighted by molar-refractivity contribution is 0.0600. The predicted molar refractivity (Wildman–Crippen MR) is 85.1 cm³/mol. The van der Waals surface area contributed by atoms with Crippen LogP contribution < -0.4 is 5.32 Å². The van der Waals surface area contributed by atoms with Gasteiger partial charge in [0, 0.05) is 37.9 Å². The third-order valence-corrected chi connectivity index (χ3v) is 3.87. The van der Waals surface area contributed by atoms with Gasteiger partial charge in [0.15, 0.2) is 0 Å². The van der Waals surface area contributed by atoms with Gasteiger partial charge in [-0.3, -0.25) is 4.90 Å². The Morgan fingerprint density at radius 3 is 2.45 bits per heavy atom. The number of benzene rings is 1. The van der Waals surface area contributed by atoms with Gasteiger partial charge in [0.05, 0.1) is 12.7 Å². The molecule has 22 heavy (non-hydrogen) atoms. The summed E-state index contributed by atoms with van der Waals surface area (Å²) < 4.78 is 4.68. The molecule has 2 rings (SSSR count). The molecule has 120 valence electrons. The largest absolute Gasteiger partial charge is 0.465 e. The van der Waals surface area contributed by atoms with Crippen LogP contribution in [0.5, 0.6) is 0 Å². The highest BCUT2D eigenvalue weighted by atomic mass is 16.5. The second-order valence-electron chi connectivity index (χ2n) is 5.62. The molecule has 1 aromatic rings. The number of nitrogens with one attached hydrogen (secondary N) is 1. The fourth-order valence-corrected chi connectivity index (χ4v) is 2.49. The van der Waals surface area contributed by atoms with E-state index in [1.54, 1.807) is 29.2 Å². The third kappa shape index (κ3) is 3.98. The molecule has 0 aliphatic carbocycles. The normalized spacial score (nSPS) is 15.7. The van der Waals surface area contributed by atoms with E-state index in [0.29, 0.717) is 30.4 Å². The molecule has 2 amide bonds. The fourth-order valence-electron chi connectivity index (χ4n) is 2.49. The standard InChI is InChI=1S/C16H23N3O3/c1-12(2)18-7-9-19(10-8-18)16(21)17-14-6-4-5-13(11-14)15(20)22-3/h4-6,11-12H,7-10H2,1-3H3,(H,17,21). The molecule has 1 aliphatic rings. The van der Waals surface area contributed by atoms with E-state index in [0.717, 1.165) is 13.1 Å². The van der Waals surface area contributed by atoms with Crippen molar-refractivity contribution in [1.82, 2.24) is 9.80 Å². The summed E-state index contributed by atoms with van der Waals surface area (Å²) in [6.45, 7) is 7.50. The number of methoxy groups -OCH3 is 1. The minimum absolute atomic E-state index is 0.134. The van der Waals surface area contributed by atoms with Crippen molar-refractivity contribution in [3.8, 4) is 0 Å². The molecule has 0 unspecified atom stereocenters. The lowest BCUT2D eigenvalue weighted by Gasteiger charge is -2.36. The Labute approximate surface area is 131 Å². The Morgan fingerprint density at radius 2 is 1.86 bits per heavy atom. The quantitative estimate of drug-likeness (QED) is 0.868. The van der Waals surface area contributed by atoms with Gasteiger partial charge < -0.3 is 15.0 Å². The first-order valence-corrected chi connectivity index (χ1v) is 7.49. The summed E-state index contributed by atoms with van der Waals surface area (Å²) in [5.74, 6) is -0.415. The number of ether oxygens (including phenoxy) is 1. The van der Waals surface area contributed by atoms with Crippen molar-refractivity contribution in [2.75, 3.05) is 38.6 Å². The lowest BCUT2D eigenvalue weighted by atomic mass is 10.2. The summed E-state index contributed by atoms with van der Waals surface area (Å²) in [6, 6.07) is 7.12. The molecule has 0 saturated carbocycles. The van der Waals surface area contributed by atoms with E-state index in [9.17, 15) is 9.59 Å². The first kappa shape index (κ1) is 16.3. The van der Waals surface area contributed by atoms with Crippen molar-refractivity contribution in [3.05, 3.63) is 29.8 Å². The summed E-state index contributed by atoms with van der Waals surface area (Å²) in [4.78, 5) is 27.9. The van der Waals surface area contributed by atoms with Gasteiger partial charge >= 0.3 is 12.0 Å². The van der Waals surface area contributed by atoms with Crippen LogP contribution in [0, 0.1) is 0 Å². The van der Waals surface area contributed by atoms with Crippen LogP contribution in [0.1, 0.15) is 24.2 Å². The number of nitrogens with zero attached hydrogens (tertiary/aromatic N) is 2. The van der Waals surface area contributed by atoms with Gasteiger partial charge in [0.25, 0.3) is 0 Å². The molecule has 1 saturated heterocycles. The highest BCUT2D eigenvalue weighted by Crippen LogP contribution is 2.13. The summed E-state index contributed by atoms with van der Waals surface area (Å²) in [6.07, 6.45) is 0. The van der Waals surface area contributed by atoms with Gasteiger partial charge in [0.1, 0.15) is 0 Å². The average molecular weight is 305 g/mol. The molecule has 6 nitrogen and oxygen atoms in total. The van der Waals surface area contributed by atoms with Crippen molar-refractivity contribution < 1.29 is 14.3 Å². The molecular weight excluding hydrogens is 282 g/mol. The molecule has 1 heterocycles. The maximum absolute atomic E-state index is 12.3. The van der Waals surface area contributed by atoms with Gasteiger partial charge in [-0.25, -0.2) is 9.59 Å². The smallest absolute Gasteiger partial charge is 0.337 e. The van der Waals surface area contributed by atoms with Gasteiger partial charge in [-0.1, -0.05) is 6.07 Å². The maximum atomic E-state index is 12.3. The van der Waals surface area contributed by atoms with Crippen LogP contribution >= 0.6 is 0 Å². The molecule has 0 spiro atoms. The number of hydrogen-bond donors (Lipinski definition) is 1. The number of urea groups is 1. The molecule has 1 N–H and O–H groups in total. The van der Waals surface area contributed by atoms with Crippen LogP contribution in [0.3, 0.4) is 0 Å². The summed E-state index contributed by atoms with van der Waals surface area (Å²) in [5, 5.41) is 2.84. The van der Waals surface area contributed by atoms with Gasteiger partial charge in [-0.05, 0) is 32.0 Å². The van der Waals surface area contributed by atoms with Crippen molar-refractivity contribution >= 4 is 17.7 Å². The van der Waals surface area contributed by atoms with Crippen LogP contribution in [0.2, 0.25) is 0 Å². The average Bonchev–Trinajstić information content (AvgIpc) is 2.54. The van der Waals surface area contributed by atoms with E-state index in [-0.39, 0.29) is 6.03 Å². The SMILES string of the molecule is COC(=O)c1cccc(NC(=O)N2CCN(C(C)C)CC2)c1. The number of rotatable bonds is 3. The first-order chi connectivity index (χ1) is 10.5. The Balaban J connectivity index is 1.94. The Kier molecular flexibility index (Phi) is 5.38.